The molecule has 2 heteroatoms. The Kier molecular flexibility index (Phi) is 3.35. The summed E-state index contributed by atoms with van der Waals surface area (Å²) in [6.07, 6.45) is 11.9. The molecule has 0 heterocycles. The number of nitrogens with one attached hydrogen (secondary N) is 1. The van der Waals surface area contributed by atoms with Crippen molar-refractivity contribution in [3.63, 3.8) is 0 Å². The van der Waals surface area contributed by atoms with Crippen LogP contribution in [-0.2, 0) is 4.79 Å². The van der Waals surface area contributed by atoms with Crippen LogP contribution in [0.1, 0.15) is 65.2 Å². The summed E-state index contributed by atoms with van der Waals surface area (Å²) in [7, 11) is 2.16. The van der Waals surface area contributed by atoms with Gasteiger partial charge in [-0.15, -0.1) is 0 Å². The third-order valence-electron chi connectivity index (χ3n) is 8.16. The highest BCUT2D eigenvalue weighted by Crippen LogP contribution is 2.65. The van der Waals surface area contributed by atoms with E-state index >= 15 is 0 Å². The number of carbonyl (C=O) groups excluding carboxylic acids is 1. The molecule has 1 N–H and O–H groups in total. The molecule has 122 valence electrons. The zero-order valence-corrected chi connectivity index (χ0v) is 14.5. The van der Waals surface area contributed by atoms with Crippen molar-refractivity contribution in [1.29, 1.82) is 0 Å². The lowest BCUT2D eigenvalue weighted by Crippen LogP contribution is -2.53. The first-order valence-electron chi connectivity index (χ1n) is 9.39. The standard InChI is InChI=1S/C20H31NO/c1-19-9-7-16-15(18(19)17(21-3)8-10-19)5-4-13-12-14(22)6-11-20(13,16)2/h12,15-18,21H,4-11H2,1-3H3/t15-,16+,17?,18-,19-,20+/m1/s1. The summed E-state index contributed by atoms with van der Waals surface area (Å²) in [5.74, 6) is 2.91. The van der Waals surface area contributed by atoms with Crippen molar-refractivity contribution >= 4 is 5.78 Å². The Morgan fingerprint density at radius 3 is 2.64 bits per heavy atom. The Hall–Kier alpha value is -0.630. The molecule has 0 aromatic rings. The minimum Gasteiger partial charge on any atom is -0.317 e. The molecule has 0 amide bonds. The predicted molar refractivity (Wildman–Crippen MR) is 89.6 cm³/mol. The minimum atomic E-state index is 0.318. The molecule has 0 spiro atoms. The Morgan fingerprint density at radius 1 is 1.09 bits per heavy atom. The molecule has 0 radical (unpaired) electrons. The molecule has 1 unspecified atom stereocenters. The lowest BCUT2D eigenvalue weighted by atomic mass is 9.47. The average Bonchev–Trinajstić information content (AvgIpc) is 2.85. The van der Waals surface area contributed by atoms with Crippen LogP contribution >= 0.6 is 0 Å². The number of rotatable bonds is 1. The van der Waals surface area contributed by atoms with E-state index in [0.717, 1.165) is 36.6 Å². The van der Waals surface area contributed by atoms with E-state index < -0.39 is 0 Å². The van der Waals surface area contributed by atoms with Gasteiger partial charge in [-0.2, -0.15) is 0 Å². The first kappa shape index (κ1) is 14.9. The highest BCUT2D eigenvalue weighted by molar-refractivity contribution is 5.91. The van der Waals surface area contributed by atoms with E-state index in [-0.39, 0.29) is 0 Å². The minimum absolute atomic E-state index is 0.318. The number of carbonyl (C=O) groups is 1. The number of hydrogen-bond acceptors (Lipinski definition) is 2. The van der Waals surface area contributed by atoms with Gasteiger partial charge in [0.25, 0.3) is 0 Å². The van der Waals surface area contributed by atoms with Gasteiger partial charge < -0.3 is 5.32 Å². The molecule has 0 aliphatic heterocycles. The summed E-state index contributed by atoms with van der Waals surface area (Å²) in [5.41, 5.74) is 2.38. The molecular formula is C20H31NO. The number of ketones is 1. The fourth-order valence-corrected chi connectivity index (χ4v) is 6.95. The van der Waals surface area contributed by atoms with Crippen LogP contribution in [0.2, 0.25) is 0 Å². The molecule has 4 aliphatic rings. The predicted octanol–water partition coefficient (Wildman–Crippen LogP) is 4.11. The van der Waals surface area contributed by atoms with Crippen molar-refractivity contribution in [1.82, 2.24) is 5.32 Å². The molecule has 3 fully saturated rings. The molecule has 6 atom stereocenters. The average molecular weight is 301 g/mol. The smallest absolute Gasteiger partial charge is 0.155 e. The van der Waals surface area contributed by atoms with Gasteiger partial charge in [-0.25, -0.2) is 0 Å². The van der Waals surface area contributed by atoms with E-state index in [1.165, 1.54) is 44.1 Å². The van der Waals surface area contributed by atoms with E-state index in [9.17, 15) is 4.79 Å². The van der Waals surface area contributed by atoms with E-state index in [1.807, 2.05) is 6.08 Å². The van der Waals surface area contributed by atoms with Gasteiger partial charge in [0.15, 0.2) is 5.78 Å². The zero-order chi connectivity index (χ0) is 15.5. The molecule has 2 nitrogen and oxygen atoms in total. The summed E-state index contributed by atoms with van der Waals surface area (Å²) < 4.78 is 0. The van der Waals surface area contributed by atoms with Crippen LogP contribution in [0.3, 0.4) is 0 Å². The lowest BCUT2D eigenvalue weighted by molar-refractivity contribution is -0.117. The normalized spacial score (nSPS) is 50.9. The van der Waals surface area contributed by atoms with E-state index in [2.05, 4.69) is 26.2 Å². The van der Waals surface area contributed by atoms with Crippen molar-refractivity contribution in [2.24, 2.45) is 28.6 Å². The van der Waals surface area contributed by atoms with Crippen LogP contribution in [0, 0.1) is 28.6 Å². The Bertz CT molecular complexity index is 524. The van der Waals surface area contributed by atoms with Crippen LogP contribution in [0.25, 0.3) is 0 Å². The Labute approximate surface area is 135 Å². The van der Waals surface area contributed by atoms with E-state index in [1.54, 1.807) is 0 Å². The molecular weight excluding hydrogens is 270 g/mol. The summed E-state index contributed by atoms with van der Waals surface area (Å²) in [6.45, 7) is 5.04. The molecule has 3 saturated carbocycles. The van der Waals surface area contributed by atoms with Crippen LogP contribution < -0.4 is 5.32 Å². The van der Waals surface area contributed by atoms with Gasteiger partial charge in [-0.3, -0.25) is 4.79 Å². The SMILES string of the molecule is CNC1CC[C@@]2(C)CC[C@H]3[C@@H](CCC4=CC(=O)CC[C@@]43C)[C@H]12. The third kappa shape index (κ3) is 1.92. The largest absolute Gasteiger partial charge is 0.317 e. The second-order valence-electron chi connectivity index (χ2n) is 9.01. The van der Waals surface area contributed by atoms with Crippen molar-refractivity contribution in [3.8, 4) is 0 Å². The maximum atomic E-state index is 11.9. The van der Waals surface area contributed by atoms with Gasteiger partial charge in [0.05, 0.1) is 0 Å². The maximum absolute atomic E-state index is 11.9. The number of fused-ring (bicyclic) bond motifs is 5. The Balaban J connectivity index is 1.70. The maximum Gasteiger partial charge on any atom is 0.155 e. The lowest BCUT2D eigenvalue weighted by Gasteiger charge is -2.58. The molecule has 0 bridgehead atoms. The van der Waals surface area contributed by atoms with Crippen molar-refractivity contribution in [2.45, 2.75) is 71.3 Å². The van der Waals surface area contributed by atoms with Gasteiger partial charge in [0.1, 0.15) is 0 Å². The number of hydrogen-bond donors (Lipinski definition) is 1. The van der Waals surface area contributed by atoms with Crippen LogP contribution in [-0.4, -0.2) is 18.9 Å². The van der Waals surface area contributed by atoms with Crippen molar-refractivity contribution < 1.29 is 4.79 Å². The van der Waals surface area contributed by atoms with Gasteiger partial charge in [-0.05, 0) is 86.7 Å². The molecule has 0 aromatic heterocycles. The fourth-order valence-electron chi connectivity index (χ4n) is 6.95. The van der Waals surface area contributed by atoms with E-state index in [0.29, 0.717) is 16.6 Å². The second kappa shape index (κ2) is 4.93. The quantitative estimate of drug-likeness (QED) is 0.790. The number of allylic oxidation sites excluding steroid dienone is 1. The van der Waals surface area contributed by atoms with Gasteiger partial charge in [-0.1, -0.05) is 19.4 Å². The summed E-state index contributed by atoms with van der Waals surface area (Å²) in [5, 5.41) is 3.64. The van der Waals surface area contributed by atoms with Crippen LogP contribution in [0.5, 0.6) is 0 Å². The van der Waals surface area contributed by atoms with Crippen LogP contribution in [0.15, 0.2) is 11.6 Å². The molecule has 4 aliphatic carbocycles. The monoisotopic (exact) mass is 301 g/mol. The highest BCUT2D eigenvalue weighted by Gasteiger charge is 2.58. The topological polar surface area (TPSA) is 29.1 Å². The van der Waals surface area contributed by atoms with Gasteiger partial charge in [0.2, 0.25) is 0 Å². The van der Waals surface area contributed by atoms with Crippen molar-refractivity contribution in [3.05, 3.63) is 11.6 Å². The summed E-state index contributed by atoms with van der Waals surface area (Å²) >= 11 is 0. The molecule has 0 saturated heterocycles. The summed E-state index contributed by atoms with van der Waals surface area (Å²) in [6, 6.07) is 0.720. The van der Waals surface area contributed by atoms with Crippen LogP contribution in [0.4, 0.5) is 0 Å². The first-order valence-corrected chi connectivity index (χ1v) is 9.39. The summed E-state index contributed by atoms with van der Waals surface area (Å²) in [4.78, 5) is 11.9. The molecule has 0 aromatic carbocycles. The fraction of sp³-hybridized carbons (Fsp3) is 0.850. The Morgan fingerprint density at radius 2 is 1.86 bits per heavy atom. The van der Waals surface area contributed by atoms with Gasteiger partial charge in [0, 0.05) is 12.5 Å². The van der Waals surface area contributed by atoms with Crippen molar-refractivity contribution in [2.75, 3.05) is 7.05 Å². The highest BCUT2D eigenvalue weighted by atomic mass is 16.1. The second-order valence-corrected chi connectivity index (χ2v) is 9.01. The third-order valence-corrected chi connectivity index (χ3v) is 8.16. The first-order chi connectivity index (χ1) is 10.5. The molecule has 4 rings (SSSR count). The van der Waals surface area contributed by atoms with E-state index in [4.69, 9.17) is 0 Å². The van der Waals surface area contributed by atoms with Gasteiger partial charge >= 0.3 is 0 Å². The molecule has 22 heavy (non-hydrogen) atoms. The zero-order valence-electron chi connectivity index (χ0n) is 14.5.